The molecule has 28 heavy (non-hydrogen) atoms. The summed E-state index contributed by atoms with van der Waals surface area (Å²) in [5.74, 6) is 1.63. The fraction of sp³-hybridized carbons (Fsp3) is 0.250. The van der Waals surface area contributed by atoms with Crippen LogP contribution in [0.25, 0.3) is 11.4 Å². The maximum atomic E-state index is 12.4. The van der Waals surface area contributed by atoms with Gasteiger partial charge in [-0.05, 0) is 49.7 Å². The number of carbonyl (C=O) groups is 1. The molecule has 3 aromatic rings. The van der Waals surface area contributed by atoms with Crippen molar-refractivity contribution < 1.29 is 9.53 Å². The van der Waals surface area contributed by atoms with Crippen LogP contribution in [-0.4, -0.2) is 33.5 Å². The van der Waals surface area contributed by atoms with Crippen molar-refractivity contribution >= 4 is 39.3 Å². The van der Waals surface area contributed by atoms with Gasteiger partial charge < -0.3 is 14.6 Å². The van der Waals surface area contributed by atoms with Gasteiger partial charge >= 0.3 is 0 Å². The molecule has 1 heterocycles. The molecular weight excluding hydrogens is 440 g/mol. The van der Waals surface area contributed by atoms with E-state index in [9.17, 15) is 4.79 Å². The van der Waals surface area contributed by atoms with Gasteiger partial charge in [-0.1, -0.05) is 39.8 Å². The summed E-state index contributed by atoms with van der Waals surface area (Å²) in [5, 5.41) is 12.3. The maximum absolute atomic E-state index is 12.4. The molecule has 0 unspecified atom stereocenters. The van der Waals surface area contributed by atoms with E-state index in [4.69, 9.17) is 4.74 Å². The van der Waals surface area contributed by atoms with Gasteiger partial charge in [0, 0.05) is 16.7 Å². The van der Waals surface area contributed by atoms with Crippen molar-refractivity contribution in [2.45, 2.75) is 25.5 Å². The molecule has 0 aliphatic rings. The van der Waals surface area contributed by atoms with Crippen molar-refractivity contribution in [1.82, 2.24) is 14.8 Å². The zero-order valence-electron chi connectivity index (χ0n) is 15.9. The summed E-state index contributed by atoms with van der Waals surface area (Å²) in [5.41, 5.74) is 2.68. The minimum absolute atomic E-state index is 0.0834. The fourth-order valence-corrected chi connectivity index (χ4v) is 4.07. The second-order valence-electron chi connectivity index (χ2n) is 6.05. The van der Waals surface area contributed by atoms with E-state index in [0.29, 0.717) is 11.7 Å². The Hall–Kier alpha value is -2.32. The molecule has 0 aliphatic carbocycles. The molecule has 3 rings (SSSR count). The van der Waals surface area contributed by atoms with Gasteiger partial charge in [-0.3, -0.25) is 4.79 Å². The van der Waals surface area contributed by atoms with E-state index in [1.807, 2.05) is 60.9 Å². The summed E-state index contributed by atoms with van der Waals surface area (Å²) < 4.78 is 8.41. The highest BCUT2D eigenvalue weighted by atomic mass is 79.9. The lowest BCUT2D eigenvalue weighted by Gasteiger charge is -2.11. The first-order chi connectivity index (χ1) is 13.5. The third kappa shape index (κ3) is 4.56. The molecule has 8 heteroatoms. The second kappa shape index (κ2) is 9.25. The SMILES string of the molecule is CCn1c(SCC(=O)Nc2ccc(Br)cc2C)nnc1-c1ccccc1OC. The molecule has 146 valence electrons. The first-order valence-electron chi connectivity index (χ1n) is 8.78. The number of anilines is 1. The number of thioether (sulfide) groups is 1. The molecule has 0 aliphatic heterocycles. The van der Waals surface area contributed by atoms with Gasteiger partial charge in [0.15, 0.2) is 11.0 Å². The van der Waals surface area contributed by atoms with Crippen LogP contribution >= 0.6 is 27.7 Å². The van der Waals surface area contributed by atoms with Crippen LogP contribution in [0.3, 0.4) is 0 Å². The van der Waals surface area contributed by atoms with E-state index in [-0.39, 0.29) is 11.7 Å². The summed E-state index contributed by atoms with van der Waals surface area (Å²) in [6.07, 6.45) is 0. The molecule has 6 nitrogen and oxygen atoms in total. The van der Waals surface area contributed by atoms with Crippen LogP contribution in [-0.2, 0) is 11.3 Å². The summed E-state index contributed by atoms with van der Waals surface area (Å²) in [6.45, 7) is 4.68. The van der Waals surface area contributed by atoms with E-state index in [1.54, 1.807) is 7.11 Å². The molecule has 0 radical (unpaired) electrons. The third-order valence-electron chi connectivity index (χ3n) is 4.18. The number of nitrogens with one attached hydrogen (secondary N) is 1. The number of carbonyl (C=O) groups excluding carboxylic acids is 1. The quantitative estimate of drug-likeness (QED) is 0.513. The summed E-state index contributed by atoms with van der Waals surface area (Å²) >= 11 is 4.79. The van der Waals surface area contributed by atoms with Gasteiger partial charge in [0.05, 0.1) is 18.4 Å². The van der Waals surface area contributed by atoms with Crippen molar-refractivity contribution in [3.8, 4) is 17.1 Å². The van der Waals surface area contributed by atoms with E-state index in [2.05, 4.69) is 31.4 Å². The smallest absolute Gasteiger partial charge is 0.234 e. The predicted molar refractivity (Wildman–Crippen MR) is 116 cm³/mol. The number of rotatable bonds is 7. The largest absolute Gasteiger partial charge is 0.496 e. The summed E-state index contributed by atoms with van der Waals surface area (Å²) in [4.78, 5) is 12.4. The molecule has 0 saturated heterocycles. The number of halogens is 1. The van der Waals surface area contributed by atoms with Gasteiger partial charge in [0.25, 0.3) is 0 Å². The van der Waals surface area contributed by atoms with Crippen LogP contribution in [0.15, 0.2) is 52.1 Å². The second-order valence-corrected chi connectivity index (χ2v) is 7.90. The number of hydrogen-bond acceptors (Lipinski definition) is 5. The van der Waals surface area contributed by atoms with Gasteiger partial charge in [0.1, 0.15) is 5.75 Å². The zero-order chi connectivity index (χ0) is 20.1. The Balaban J connectivity index is 1.73. The monoisotopic (exact) mass is 460 g/mol. The predicted octanol–water partition coefficient (Wildman–Crippen LogP) is 4.78. The van der Waals surface area contributed by atoms with Crippen molar-refractivity contribution in [1.29, 1.82) is 0 Å². The van der Waals surface area contributed by atoms with E-state index in [1.165, 1.54) is 11.8 Å². The number of ether oxygens (including phenoxy) is 1. The molecular formula is C20H21BrN4O2S. The Morgan fingerprint density at radius 3 is 2.75 bits per heavy atom. The molecule has 1 amide bonds. The van der Waals surface area contributed by atoms with Crippen LogP contribution in [0, 0.1) is 6.92 Å². The Labute approximate surface area is 176 Å². The Morgan fingerprint density at radius 2 is 2.04 bits per heavy atom. The van der Waals surface area contributed by atoms with E-state index < -0.39 is 0 Å². The fourth-order valence-electron chi connectivity index (χ4n) is 2.79. The maximum Gasteiger partial charge on any atom is 0.234 e. The lowest BCUT2D eigenvalue weighted by atomic mass is 10.2. The van der Waals surface area contributed by atoms with Gasteiger partial charge in [-0.15, -0.1) is 10.2 Å². The van der Waals surface area contributed by atoms with E-state index in [0.717, 1.165) is 32.9 Å². The molecule has 0 atom stereocenters. The van der Waals surface area contributed by atoms with Crippen LogP contribution < -0.4 is 10.1 Å². The molecule has 0 fully saturated rings. The average Bonchev–Trinajstić information content (AvgIpc) is 3.11. The number of aryl methyl sites for hydroxylation is 1. The first-order valence-corrected chi connectivity index (χ1v) is 10.6. The van der Waals surface area contributed by atoms with Crippen LogP contribution in [0.1, 0.15) is 12.5 Å². The number of amides is 1. The molecule has 1 N–H and O–H groups in total. The highest BCUT2D eigenvalue weighted by Gasteiger charge is 2.17. The topological polar surface area (TPSA) is 69.0 Å². The zero-order valence-corrected chi connectivity index (χ0v) is 18.3. The standard InChI is InChI=1S/C20H21BrN4O2S/c1-4-25-19(15-7-5-6-8-17(15)27-3)23-24-20(25)28-12-18(26)22-16-10-9-14(21)11-13(16)2/h5-11H,4,12H2,1-3H3,(H,22,26). The Morgan fingerprint density at radius 1 is 1.25 bits per heavy atom. The van der Waals surface area contributed by atoms with Gasteiger partial charge in [0.2, 0.25) is 5.91 Å². The number of methoxy groups -OCH3 is 1. The van der Waals surface area contributed by atoms with E-state index >= 15 is 0 Å². The Kier molecular flexibility index (Phi) is 6.74. The summed E-state index contributed by atoms with van der Waals surface area (Å²) in [6, 6.07) is 13.5. The van der Waals surface area contributed by atoms with Crippen LogP contribution in [0.5, 0.6) is 5.75 Å². The Bertz CT molecular complexity index is 990. The molecule has 0 bridgehead atoms. The minimum Gasteiger partial charge on any atom is -0.496 e. The summed E-state index contributed by atoms with van der Waals surface area (Å²) in [7, 11) is 1.63. The van der Waals surface area contributed by atoms with Gasteiger partial charge in [-0.2, -0.15) is 0 Å². The van der Waals surface area contributed by atoms with Crippen LogP contribution in [0.2, 0.25) is 0 Å². The number of hydrogen-bond donors (Lipinski definition) is 1. The average molecular weight is 461 g/mol. The lowest BCUT2D eigenvalue weighted by molar-refractivity contribution is -0.113. The molecule has 1 aromatic heterocycles. The number of benzene rings is 2. The highest BCUT2D eigenvalue weighted by molar-refractivity contribution is 9.10. The normalized spacial score (nSPS) is 10.7. The minimum atomic E-state index is -0.0834. The first kappa shape index (κ1) is 20.4. The van der Waals surface area contributed by atoms with Gasteiger partial charge in [-0.25, -0.2) is 0 Å². The van der Waals surface area contributed by atoms with Crippen LogP contribution in [0.4, 0.5) is 5.69 Å². The lowest BCUT2D eigenvalue weighted by Crippen LogP contribution is -2.15. The molecule has 2 aromatic carbocycles. The number of para-hydroxylation sites is 1. The third-order valence-corrected chi connectivity index (χ3v) is 5.64. The highest BCUT2D eigenvalue weighted by Crippen LogP contribution is 2.31. The molecule has 0 spiro atoms. The molecule has 0 saturated carbocycles. The van der Waals surface area contributed by atoms with Crippen molar-refractivity contribution in [3.05, 3.63) is 52.5 Å². The van der Waals surface area contributed by atoms with Crippen molar-refractivity contribution in [2.24, 2.45) is 0 Å². The van der Waals surface area contributed by atoms with Crippen molar-refractivity contribution in [2.75, 3.05) is 18.2 Å². The number of nitrogens with zero attached hydrogens (tertiary/aromatic N) is 3. The van der Waals surface area contributed by atoms with Crippen molar-refractivity contribution in [3.63, 3.8) is 0 Å². The number of aromatic nitrogens is 3.